The molecular weight excluding hydrogens is 688 g/mol. The zero-order chi connectivity index (χ0) is 39.0. The number of hydrogen-bond acceptors (Lipinski definition) is 10. The Bertz CT molecular complexity index is 1520. The van der Waals surface area contributed by atoms with Crippen molar-refractivity contribution in [3.05, 3.63) is 35.9 Å². The molecule has 1 aromatic carbocycles. The molecule has 5 atom stereocenters. The molecule has 1 aliphatic heterocycles. The molecule has 0 unspecified atom stereocenters. The van der Waals surface area contributed by atoms with E-state index < -0.39 is 96.6 Å². The van der Waals surface area contributed by atoms with Gasteiger partial charge in [0.15, 0.2) is 0 Å². The number of amides is 9. The van der Waals surface area contributed by atoms with Gasteiger partial charge in [0.1, 0.15) is 30.2 Å². The van der Waals surface area contributed by atoms with E-state index in [0.717, 1.165) is 4.90 Å². The Morgan fingerprint density at radius 3 is 1.88 bits per heavy atom. The molecule has 0 spiro atoms. The summed E-state index contributed by atoms with van der Waals surface area (Å²) in [4.78, 5) is 119. The van der Waals surface area contributed by atoms with Crippen molar-refractivity contribution < 1.29 is 53.4 Å². The van der Waals surface area contributed by atoms with Gasteiger partial charge >= 0.3 is 24.0 Å². The van der Waals surface area contributed by atoms with Crippen LogP contribution < -0.4 is 42.5 Å². The van der Waals surface area contributed by atoms with Gasteiger partial charge in [-0.05, 0) is 25.3 Å². The van der Waals surface area contributed by atoms with Crippen LogP contribution in [0.25, 0.3) is 0 Å². The number of rotatable bonds is 8. The molecule has 1 aromatic rings. The summed E-state index contributed by atoms with van der Waals surface area (Å²) in [7, 11) is 3.95. The van der Waals surface area contributed by atoms with Gasteiger partial charge in [-0.15, -0.1) is 0 Å². The number of aliphatic imine (C=N–C) groups is 1. The van der Waals surface area contributed by atoms with Crippen LogP contribution in [-0.4, -0.2) is 133 Å². The molecule has 0 aliphatic carbocycles. The molecule has 21 heteroatoms. The Morgan fingerprint density at radius 1 is 0.808 bits per heavy atom. The van der Waals surface area contributed by atoms with Crippen molar-refractivity contribution >= 4 is 59.5 Å². The van der Waals surface area contributed by atoms with Crippen LogP contribution in [0.15, 0.2) is 35.3 Å². The van der Waals surface area contributed by atoms with Crippen molar-refractivity contribution in [1.29, 1.82) is 0 Å². The van der Waals surface area contributed by atoms with Crippen molar-refractivity contribution in [1.82, 2.24) is 47.4 Å². The summed E-state index contributed by atoms with van der Waals surface area (Å²) in [6, 6.07) is -0.675. The van der Waals surface area contributed by atoms with E-state index in [0.29, 0.717) is 5.56 Å². The Labute approximate surface area is 298 Å². The first-order valence-electron chi connectivity index (χ1n) is 16.0. The second-order valence-corrected chi connectivity index (χ2v) is 11.6. The molecule has 2 rings (SSSR count). The SMILES string of the molecule is CNC(=O)NC(=NCCC[C@@H]1NC(=O)[C@@H](C)NC(=O)C[C@@H](C(=O)O)NC(=O)C[C@@H](C(=O)O)NC(=O)[C@H](Cc2ccccc2)N(C)C1=O)NC(=O)NC. The molecule has 0 aromatic heterocycles. The van der Waals surface area contributed by atoms with Gasteiger partial charge in [0.25, 0.3) is 0 Å². The van der Waals surface area contributed by atoms with E-state index in [1.165, 1.54) is 28.1 Å². The highest BCUT2D eigenvalue weighted by molar-refractivity contribution is 6.03. The normalized spacial score (nSPS) is 21.9. The predicted molar refractivity (Wildman–Crippen MR) is 181 cm³/mol. The number of benzene rings is 1. The minimum absolute atomic E-state index is 0.0598. The molecule has 1 aliphatic rings. The van der Waals surface area contributed by atoms with E-state index in [9.17, 15) is 53.4 Å². The third-order valence-electron chi connectivity index (χ3n) is 7.64. The number of nitrogens with zero attached hydrogens (tertiary/aromatic N) is 2. The van der Waals surface area contributed by atoms with Gasteiger partial charge in [-0.1, -0.05) is 30.3 Å². The number of nitrogens with one attached hydrogen (secondary N) is 8. The van der Waals surface area contributed by atoms with Crippen LogP contribution in [0.1, 0.15) is 38.2 Å². The maximum atomic E-state index is 14.1. The van der Waals surface area contributed by atoms with Crippen molar-refractivity contribution in [3.63, 3.8) is 0 Å². The maximum absolute atomic E-state index is 14.1. The lowest BCUT2D eigenvalue weighted by Gasteiger charge is -2.32. The number of carboxylic acid groups (broad SMARTS) is 2. The number of likely N-dealkylation sites (N-methyl/N-ethyl adjacent to an activating group) is 1. The molecule has 1 heterocycles. The highest BCUT2D eigenvalue weighted by Crippen LogP contribution is 2.13. The van der Waals surface area contributed by atoms with Crippen molar-refractivity contribution in [3.8, 4) is 0 Å². The van der Waals surface area contributed by atoms with Gasteiger partial charge in [-0.25, -0.2) is 19.2 Å². The number of carbonyl (C=O) groups excluding carboxylic acids is 7. The second-order valence-electron chi connectivity index (χ2n) is 11.6. The summed E-state index contributed by atoms with van der Waals surface area (Å²) in [5, 5.41) is 37.8. The number of aliphatic carboxylic acids is 2. The first-order chi connectivity index (χ1) is 24.6. The molecule has 284 valence electrons. The van der Waals surface area contributed by atoms with Gasteiger partial charge in [-0.2, -0.15) is 0 Å². The van der Waals surface area contributed by atoms with E-state index >= 15 is 0 Å². The fourth-order valence-corrected chi connectivity index (χ4v) is 4.79. The quantitative estimate of drug-likeness (QED) is 0.0728. The summed E-state index contributed by atoms with van der Waals surface area (Å²) in [5.74, 6) is -8.16. The number of carbonyl (C=O) groups is 9. The van der Waals surface area contributed by atoms with Gasteiger partial charge in [0.05, 0.1) is 12.8 Å². The van der Waals surface area contributed by atoms with Gasteiger partial charge < -0.3 is 47.0 Å². The monoisotopic (exact) mass is 732 g/mol. The highest BCUT2D eigenvalue weighted by Gasteiger charge is 2.36. The van der Waals surface area contributed by atoms with Crippen LogP contribution in [0.2, 0.25) is 0 Å². The number of carboxylic acids is 2. The molecule has 0 radical (unpaired) electrons. The zero-order valence-corrected chi connectivity index (χ0v) is 29.0. The molecule has 1 saturated heterocycles. The fourth-order valence-electron chi connectivity index (χ4n) is 4.79. The summed E-state index contributed by atoms with van der Waals surface area (Å²) >= 11 is 0. The summed E-state index contributed by atoms with van der Waals surface area (Å²) < 4.78 is 0. The first kappa shape index (κ1) is 41.9. The van der Waals surface area contributed by atoms with Crippen LogP contribution in [0, 0.1) is 0 Å². The van der Waals surface area contributed by atoms with E-state index in [1.807, 2.05) is 0 Å². The minimum Gasteiger partial charge on any atom is -0.480 e. The van der Waals surface area contributed by atoms with E-state index in [2.05, 4.69) is 47.5 Å². The van der Waals surface area contributed by atoms with Crippen LogP contribution >= 0.6 is 0 Å². The summed E-state index contributed by atoms with van der Waals surface area (Å²) in [6.07, 6.45) is -1.92. The lowest BCUT2D eigenvalue weighted by molar-refractivity contribution is -0.147. The maximum Gasteiger partial charge on any atom is 0.326 e. The smallest absolute Gasteiger partial charge is 0.326 e. The molecule has 10 N–H and O–H groups in total. The van der Waals surface area contributed by atoms with Crippen LogP contribution in [0.5, 0.6) is 0 Å². The van der Waals surface area contributed by atoms with Crippen molar-refractivity contribution in [2.45, 2.75) is 69.2 Å². The molecular formula is C31H44N10O11. The molecule has 0 saturated carbocycles. The topological polar surface area (TPSA) is 306 Å². The van der Waals surface area contributed by atoms with Crippen LogP contribution in [-0.2, 0) is 40.0 Å². The Kier molecular flexibility index (Phi) is 16.4. The average Bonchev–Trinajstić information content (AvgIpc) is 3.10. The fraction of sp³-hybridized carbons (Fsp3) is 0.484. The van der Waals surface area contributed by atoms with Crippen LogP contribution in [0.4, 0.5) is 9.59 Å². The second kappa shape index (κ2) is 20.4. The third-order valence-corrected chi connectivity index (χ3v) is 7.64. The van der Waals surface area contributed by atoms with Gasteiger partial charge in [0.2, 0.25) is 35.5 Å². The van der Waals surface area contributed by atoms with E-state index in [-0.39, 0.29) is 31.8 Å². The Morgan fingerprint density at radius 2 is 1.35 bits per heavy atom. The van der Waals surface area contributed by atoms with E-state index in [1.54, 1.807) is 30.3 Å². The molecule has 21 nitrogen and oxygen atoms in total. The van der Waals surface area contributed by atoms with Gasteiger partial charge in [-0.3, -0.25) is 39.6 Å². The van der Waals surface area contributed by atoms with E-state index in [4.69, 9.17) is 0 Å². The molecule has 1 fully saturated rings. The molecule has 52 heavy (non-hydrogen) atoms. The summed E-state index contributed by atoms with van der Waals surface area (Å²) in [5.41, 5.74) is 0.577. The largest absolute Gasteiger partial charge is 0.480 e. The lowest BCUT2D eigenvalue weighted by Crippen LogP contribution is -2.58. The Balaban J connectivity index is 2.53. The van der Waals surface area contributed by atoms with Crippen molar-refractivity contribution in [2.75, 3.05) is 27.7 Å². The first-order valence-corrected chi connectivity index (χ1v) is 16.0. The number of guanidine groups is 1. The lowest BCUT2D eigenvalue weighted by atomic mass is 10.0. The zero-order valence-electron chi connectivity index (χ0n) is 29.0. The van der Waals surface area contributed by atoms with Crippen molar-refractivity contribution in [2.24, 2.45) is 4.99 Å². The number of urea groups is 2. The summed E-state index contributed by atoms with van der Waals surface area (Å²) in [6.45, 7) is 1.18. The predicted octanol–water partition coefficient (Wildman–Crippen LogP) is -3.03. The standard InChI is InChI=1S/C31H44N10O11/c1-16-24(44)37-18(11-8-12-34-29(39-30(51)32-2)40-31(52)33-3)26(46)41(4)21(13-17-9-6-5-7-10-17)25(45)38-20(28(49)50)15-23(43)36-19(27(47)48)14-22(42)35-16/h5-7,9-10,16,18-21H,8,11-15H2,1-4H3,(H,35,42)(H,36,43)(H,37,44)(H,38,45)(H,47,48)(H,49,50)(H4,32,33,34,39,40,51,52)/t16-,18+,19+,20+,21+/m1/s1. The van der Waals surface area contributed by atoms with Crippen LogP contribution in [0.3, 0.4) is 0 Å². The minimum atomic E-state index is -1.86. The van der Waals surface area contributed by atoms with Gasteiger partial charge in [0, 0.05) is 34.1 Å². The molecule has 9 amide bonds. The highest BCUT2D eigenvalue weighted by atomic mass is 16.4. The number of hydrogen-bond donors (Lipinski definition) is 10. The Hall–Kier alpha value is -6.28. The molecule has 0 bridgehead atoms. The third kappa shape index (κ3) is 13.6. The average molecular weight is 733 g/mol.